The highest BCUT2D eigenvalue weighted by atomic mass is 16.5. The van der Waals surface area contributed by atoms with Crippen LogP contribution in [-0.2, 0) is 16.1 Å². The van der Waals surface area contributed by atoms with Crippen molar-refractivity contribution in [3.63, 3.8) is 0 Å². The van der Waals surface area contributed by atoms with Gasteiger partial charge < -0.3 is 19.0 Å². The van der Waals surface area contributed by atoms with E-state index in [1.807, 2.05) is 51.1 Å². The minimum Gasteiger partial charge on any atom is -0.463 e. The van der Waals surface area contributed by atoms with Crippen LogP contribution < -0.4 is 5.32 Å². The number of hydrogen-bond acceptors (Lipinski definition) is 5. The van der Waals surface area contributed by atoms with Gasteiger partial charge in [-0.25, -0.2) is 9.59 Å². The summed E-state index contributed by atoms with van der Waals surface area (Å²) in [5.74, 6) is -0.786. The number of carbonyl (C=O) groups is 3. The molecule has 1 fully saturated rings. The zero-order valence-corrected chi connectivity index (χ0v) is 18.3. The molecular formula is C24H23N3O5. The SMILES string of the molecule is COC(=O)c1ccc(CN2C(=O)NC(=Cc3cc(C)n(-c4ccc(C)cc4)c3C)C2=O)o1. The molecule has 8 nitrogen and oxygen atoms in total. The number of ether oxygens (including phenoxy) is 1. The molecule has 0 radical (unpaired) electrons. The highest BCUT2D eigenvalue weighted by molar-refractivity contribution is 6.13. The van der Waals surface area contributed by atoms with Gasteiger partial charge in [-0.15, -0.1) is 0 Å². The minimum absolute atomic E-state index is 0.00821. The summed E-state index contributed by atoms with van der Waals surface area (Å²) in [6, 6.07) is 12.6. The first kappa shape index (κ1) is 21.2. The fourth-order valence-corrected chi connectivity index (χ4v) is 3.72. The molecule has 4 rings (SSSR count). The van der Waals surface area contributed by atoms with Crippen molar-refractivity contribution in [2.24, 2.45) is 0 Å². The van der Waals surface area contributed by atoms with Crippen LogP contribution in [0.1, 0.15) is 38.8 Å². The number of methoxy groups -OCH3 is 1. The second-order valence-corrected chi connectivity index (χ2v) is 7.63. The second-order valence-electron chi connectivity index (χ2n) is 7.63. The molecule has 3 amide bonds. The maximum absolute atomic E-state index is 12.9. The van der Waals surface area contributed by atoms with Gasteiger partial charge in [0.15, 0.2) is 0 Å². The molecule has 3 aromatic rings. The third-order valence-electron chi connectivity index (χ3n) is 5.39. The number of hydrogen-bond donors (Lipinski definition) is 1. The second kappa shape index (κ2) is 8.22. The molecule has 1 aliphatic rings. The number of nitrogens with zero attached hydrogens (tertiary/aromatic N) is 2. The fourth-order valence-electron chi connectivity index (χ4n) is 3.72. The molecule has 3 heterocycles. The van der Waals surface area contributed by atoms with Crippen LogP contribution in [-0.4, -0.2) is 34.5 Å². The van der Waals surface area contributed by atoms with Crippen molar-refractivity contribution in [2.75, 3.05) is 7.11 Å². The van der Waals surface area contributed by atoms with Crippen molar-refractivity contribution in [1.29, 1.82) is 0 Å². The van der Waals surface area contributed by atoms with Crippen molar-refractivity contribution in [2.45, 2.75) is 27.3 Å². The minimum atomic E-state index is -0.627. The van der Waals surface area contributed by atoms with E-state index in [2.05, 4.69) is 14.6 Å². The van der Waals surface area contributed by atoms with Gasteiger partial charge >= 0.3 is 12.0 Å². The van der Waals surface area contributed by atoms with Crippen LogP contribution in [0.3, 0.4) is 0 Å². The normalized spacial score (nSPS) is 14.9. The van der Waals surface area contributed by atoms with Gasteiger partial charge in [0.2, 0.25) is 5.76 Å². The molecule has 0 unspecified atom stereocenters. The number of nitrogens with one attached hydrogen (secondary N) is 1. The highest BCUT2D eigenvalue weighted by Gasteiger charge is 2.34. The van der Waals surface area contributed by atoms with Gasteiger partial charge in [-0.1, -0.05) is 17.7 Å². The third kappa shape index (κ3) is 3.82. The molecular weight excluding hydrogens is 410 g/mol. The Hall–Kier alpha value is -4.07. The molecule has 1 saturated heterocycles. The predicted octanol–water partition coefficient (Wildman–Crippen LogP) is 3.88. The van der Waals surface area contributed by atoms with E-state index in [0.29, 0.717) is 5.76 Å². The lowest BCUT2D eigenvalue weighted by Crippen LogP contribution is -2.30. The molecule has 1 aliphatic heterocycles. The first-order valence-electron chi connectivity index (χ1n) is 10.1. The Balaban J connectivity index is 1.58. The zero-order chi connectivity index (χ0) is 23.0. The average molecular weight is 433 g/mol. The molecule has 1 aromatic carbocycles. The molecule has 2 aromatic heterocycles. The fraction of sp³-hybridized carbons (Fsp3) is 0.208. The Kier molecular flexibility index (Phi) is 5.44. The number of benzene rings is 1. The van der Waals surface area contributed by atoms with Gasteiger partial charge in [-0.2, -0.15) is 0 Å². The van der Waals surface area contributed by atoms with Gasteiger partial charge in [0.1, 0.15) is 11.5 Å². The summed E-state index contributed by atoms with van der Waals surface area (Å²) in [6.45, 7) is 5.90. The van der Waals surface area contributed by atoms with Crippen molar-refractivity contribution >= 4 is 24.0 Å². The number of amides is 3. The molecule has 1 N–H and O–H groups in total. The van der Waals surface area contributed by atoms with Crippen molar-refractivity contribution in [1.82, 2.24) is 14.8 Å². The number of furan rings is 1. The maximum atomic E-state index is 12.9. The Morgan fingerprint density at radius 3 is 2.50 bits per heavy atom. The molecule has 0 aliphatic carbocycles. The monoisotopic (exact) mass is 433 g/mol. The van der Waals surface area contributed by atoms with Crippen LogP contribution in [0.4, 0.5) is 4.79 Å². The lowest BCUT2D eigenvalue weighted by molar-refractivity contribution is -0.123. The molecule has 0 atom stereocenters. The maximum Gasteiger partial charge on any atom is 0.373 e. The summed E-state index contributed by atoms with van der Waals surface area (Å²) in [7, 11) is 1.24. The molecule has 0 spiro atoms. The average Bonchev–Trinajstić information content (AvgIpc) is 3.42. The number of urea groups is 1. The van der Waals surface area contributed by atoms with Crippen LogP contribution in [0.5, 0.6) is 0 Å². The lowest BCUT2D eigenvalue weighted by Gasteiger charge is -2.10. The smallest absolute Gasteiger partial charge is 0.373 e. The van der Waals surface area contributed by atoms with E-state index in [0.717, 1.165) is 27.5 Å². The summed E-state index contributed by atoms with van der Waals surface area (Å²) in [5, 5.41) is 2.62. The Morgan fingerprint density at radius 2 is 1.81 bits per heavy atom. The Bertz CT molecular complexity index is 1250. The number of aryl methyl sites for hydroxylation is 2. The van der Waals surface area contributed by atoms with Crippen molar-refractivity contribution in [3.8, 4) is 5.69 Å². The molecule has 8 heteroatoms. The predicted molar refractivity (Wildman–Crippen MR) is 117 cm³/mol. The van der Waals surface area contributed by atoms with Crippen LogP contribution in [0, 0.1) is 20.8 Å². The van der Waals surface area contributed by atoms with Gasteiger partial charge in [-0.05, 0) is 62.7 Å². The van der Waals surface area contributed by atoms with Gasteiger partial charge in [0, 0.05) is 17.1 Å². The molecule has 164 valence electrons. The van der Waals surface area contributed by atoms with Gasteiger partial charge in [-0.3, -0.25) is 9.69 Å². The summed E-state index contributed by atoms with van der Waals surface area (Å²) in [5.41, 5.74) is 5.18. The molecule has 0 saturated carbocycles. The van der Waals surface area contributed by atoms with E-state index >= 15 is 0 Å². The van der Waals surface area contributed by atoms with Gasteiger partial charge in [0.25, 0.3) is 5.91 Å². The van der Waals surface area contributed by atoms with E-state index in [4.69, 9.17) is 4.42 Å². The number of imide groups is 1. The topological polar surface area (TPSA) is 93.8 Å². The summed E-state index contributed by atoms with van der Waals surface area (Å²) < 4.78 is 12.1. The number of esters is 1. The third-order valence-corrected chi connectivity index (χ3v) is 5.39. The number of carbonyl (C=O) groups excluding carboxylic acids is 3. The number of rotatable bonds is 5. The van der Waals surface area contributed by atoms with Crippen molar-refractivity contribution < 1.29 is 23.5 Å². The van der Waals surface area contributed by atoms with Gasteiger partial charge in [0.05, 0.1) is 13.7 Å². The lowest BCUT2D eigenvalue weighted by atomic mass is 10.2. The first-order chi connectivity index (χ1) is 15.3. The van der Waals surface area contributed by atoms with Crippen LogP contribution in [0.2, 0.25) is 0 Å². The van der Waals surface area contributed by atoms with E-state index in [1.54, 1.807) is 6.08 Å². The molecule has 32 heavy (non-hydrogen) atoms. The Labute approximate surface area is 185 Å². The largest absolute Gasteiger partial charge is 0.463 e. The first-order valence-corrected chi connectivity index (χ1v) is 10.1. The van der Waals surface area contributed by atoms with E-state index in [9.17, 15) is 14.4 Å². The quantitative estimate of drug-likeness (QED) is 0.374. The van der Waals surface area contributed by atoms with E-state index in [-0.39, 0.29) is 18.0 Å². The standard InChI is InChI=1S/C24H23N3O5/c1-14-5-7-18(8-6-14)27-15(2)11-17(16(27)3)12-20-22(28)26(24(30)25-20)13-19-9-10-21(32-19)23(29)31-4/h5-12H,13H2,1-4H3,(H,25,30). The summed E-state index contributed by atoms with van der Waals surface area (Å²) in [4.78, 5) is 37.9. The van der Waals surface area contributed by atoms with Crippen LogP contribution in [0.15, 0.2) is 52.6 Å². The highest BCUT2D eigenvalue weighted by Crippen LogP contribution is 2.25. The summed E-state index contributed by atoms with van der Waals surface area (Å²) in [6.07, 6.45) is 1.68. The van der Waals surface area contributed by atoms with Crippen LogP contribution >= 0.6 is 0 Å². The van der Waals surface area contributed by atoms with Crippen molar-refractivity contribution in [3.05, 3.63) is 82.2 Å². The molecule has 0 bridgehead atoms. The van der Waals surface area contributed by atoms with Crippen LogP contribution in [0.25, 0.3) is 11.8 Å². The Morgan fingerprint density at radius 1 is 1.09 bits per heavy atom. The summed E-state index contributed by atoms with van der Waals surface area (Å²) >= 11 is 0. The van der Waals surface area contributed by atoms with E-state index in [1.165, 1.54) is 24.8 Å². The number of aromatic nitrogens is 1. The van der Waals surface area contributed by atoms with E-state index < -0.39 is 17.9 Å². The zero-order valence-electron chi connectivity index (χ0n) is 18.3.